The van der Waals surface area contributed by atoms with Crippen LogP contribution in [0.2, 0.25) is 0 Å². The lowest BCUT2D eigenvalue weighted by Gasteiger charge is -2.08. The van der Waals surface area contributed by atoms with Gasteiger partial charge in [-0.1, -0.05) is 217 Å². The van der Waals surface area contributed by atoms with E-state index in [1.165, 1.54) is 167 Å². The molecule has 0 heterocycles. The van der Waals surface area contributed by atoms with Crippen LogP contribution < -0.4 is 18.9 Å². The first kappa shape index (κ1) is 60.7. The maximum atomic E-state index is 13.2. The van der Waals surface area contributed by atoms with Gasteiger partial charge in [-0.25, -0.2) is 9.59 Å². The van der Waals surface area contributed by atoms with Gasteiger partial charge in [0.1, 0.15) is 23.0 Å². The maximum Gasteiger partial charge on any atom is 0.343 e. The predicted octanol–water partition coefficient (Wildman–Crippen LogP) is 20.5. The first-order valence-corrected chi connectivity index (χ1v) is 30.2. The summed E-state index contributed by atoms with van der Waals surface area (Å²) in [5.74, 6) is 1.51. The van der Waals surface area contributed by atoms with Gasteiger partial charge in [0.05, 0.1) is 35.7 Å². The van der Waals surface area contributed by atoms with Crippen molar-refractivity contribution in [1.29, 1.82) is 0 Å². The second-order valence-electron chi connectivity index (χ2n) is 21.1. The van der Waals surface area contributed by atoms with Crippen molar-refractivity contribution in [3.8, 4) is 23.0 Å². The van der Waals surface area contributed by atoms with Crippen LogP contribution in [-0.4, -0.2) is 37.6 Å². The standard InChI is InChI=1S/C70H90N2O6/c1-3-5-7-9-11-13-15-17-19-21-23-25-27-29-51-75-65-47-41-63(42-48-65)71-55-57-31-35-60(36-32-57)69(73)77-67-45-39-59-40-46-68(54-62(59)53-67)78-70(74)61-37-33-58(34-38-61)56-72-64-43-49-66(50-44-64)76-52-30-28-26-24-22-20-18-16-14-12-10-8-6-4-2/h31-50,53-56H,3-30,51-52H2,1-2H3. The summed E-state index contributed by atoms with van der Waals surface area (Å²) in [4.78, 5) is 35.6. The van der Waals surface area contributed by atoms with Gasteiger partial charge >= 0.3 is 11.9 Å². The Morgan fingerprint density at radius 1 is 0.333 bits per heavy atom. The quantitative estimate of drug-likeness (QED) is 0.0165. The van der Waals surface area contributed by atoms with Crippen molar-refractivity contribution in [3.05, 3.63) is 156 Å². The number of carbonyl (C=O) groups is 2. The molecule has 6 aromatic rings. The molecule has 416 valence electrons. The lowest BCUT2D eigenvalue weighted by Crippen LogP contribution is -2.09. The minimum Gasteiger partial charge on any atom is -0.494 e. The number of fused-ring (bicyclic) bond motifs is 1. The van der Waals surface area contributed by atoms with Crippen LogP contribution in [0.4, 0.5) is 11.4 Å². The molecule has 0 saturated heterocycles. The molecule has 0 radical (unpaired) electrons. The Bertz CT molecular complexity index is 2460. The van der Waals surface area contributed by atoms with Crippen LogP contribution >= 0.6 is 0 Å². The van der Waals surface area contributed by atoms with E-state index in [2.05, 4.69) is 23.8 Å². The van der Waals surface area contributed by atoms with E-state index < -0.39 is 11.9 Å². The summed E-state index contributed by atoms with van der Waals surface area (Å²) >= 11 is 0. The Morgan fingerprint density at radius 2 is 0.628 bits per heavy atom. The van der Waals surface area contributed by atoms with Crippen LogP contribution in [0.25, 0.3) is 10.8 Å². The van der Waals surface area contributed by atoms with Crippen LogP contribution in [0.15, 0.2) is 143 Å². The van der Waals surface area contributed by atoms with Crippen molar-refractivity contribution in [2.45, 2.75) is 194 Å². The molecular formula is C70H90N2O6. The molecule has 0 aliphatic heterocycles. The number of unbranched alkanes of at least 4 members (excludes halogenated alkanes) is 26. The summed E-state index contributed by atoms with van der Waals surface area (Å²) in [6.07, 6.45) is 41.2. The van der Waals surface area contributed by atoms with E-state index in [-0.39, 0.29) is 0 Å². The molecule has 0 bridgehead atoms. The highest BCUT2D eigenvalue weighted by atomic mass is 16.5. The molecule has 6 aromatic carbocycles. The molecule has 0 atom stereocenters. The van der Waals surface area contributed by atoms with Gasteiger partial charge in [0.25, 0.3) is 0 Å². The van der Waals surface area contributed by atoms with Crippen molar-refractivity contribution >= 4 is 46.5 Å². The normalized spacial score (nSPS) is 11.5. The van der Waals surface area contributed by atoms with Gasteiger partial charge < -0.3 is 18.9 Å². The van der Waals surface area contributed by atoms with Crippen molar-refractivity contribution in [2.75, 3.05) is 13.2 Å². The van der Waals surface area contributed by atoms with Gasteiger partial charge in [-0.3, -0.25) is 9.98 Å². The molecule has 0 aliphatic rings. The first-order chi connectivity index (χ1) is 38.4. The average Bonchev–Trinajstić information content (AvgIpc) is 3.47. The van der Waals surface area contributed by atoms with E-state index in [0.717, 1.165) is 70.8 Å². The Morgan fingerprint density at radius 3 is 0.949 bits per heavy atom. The van der Waals surface area contributed by atoms with Gasteiger partial charge in [0.15, 0.2) is 0 Å². The van der Waals surface area contributed by atoms with Crippen molar-refractivity contribution in [3.63, 3.8) is 0 Å². The van der Waals surface area contributed by atoms with E-state index in [1.807, 2.05) is 84.9 Å². The Kier molecular flexibility index (Phi) is 29.0. The number of nitrogens with zero attached hydrogens (tertiary/aromatic N) is 2. The molecular weight excluding hydrogens is 965 g/mol. The fourth-order valence-electron chi connectivity index (χ4n) is 9.60. The number of hydrogen-bond donors (Lipinski definition) is 0. The number of ether oxygens (including phenoxy) is 4. The third kappa shape index (κ3) is 24.4. The molecule has 0 aliphatic carbocycles. The third-order valence-corrected chi connectivity index (χ3v) is 14.4. The zero-order valence-corrected chi connectivity index (χ0v) is 47.4. The molecule has 0 fully saturated rings. The fourth-order valence-corrected chi connectivity index (χ4v) is 9.60. The molecule has 8 heteroatoms. The maximum absolute atomic E-state index is 13.2. The summed E-state index contributed by atoms with van der Waals surface area (Å²) in [7, 11) is 0. The molecule has 0 unspecified atom stereocenters. The second kappa shape index (κ2) is 37.3. The largest absolute Gasteiger partial charge is 0.494 e. The number of hydrogen-bond acceptors (Lipinski definition) is 8. The van der Waals surface area contributed by atoms with E-state index in [1.54, 1.807) is 61.0 Å². The number of esters is 2. The highest BCUT2D eigenvalue weighted by Crippen LogP contribution is 2.27. The lowest BCUT2D eigenvalue weighted by molar-refractivity contribution is 0.0726. The minimum atomic E-state index is -0.480. The predicted molar refractivity (Wildman–Crippen MR) is 326 cm³/mol. The van der Waals surface area contributed by atoms with Crippen molar-refractivity contribution in [2.24, 2.45) is 9.98 Å². The Hall–Kier alpha value is -6.54. The lowest BCUT2D eigenvalue weighted by atomic mass is 10.0. The third-order valence-electron chi connectivity index (χ3n) is 14.4. The summed E-state index contributed by atoms with van der Waals surface area (Å²) in [6.45, 7) is 6.02. The smallest absolute Gasteiger partial charge is 0.343 e. The summed E-state index contributed by atoms with van der Waals surface area (Å²) in [5, 5.41) is 1.67. The van der Waals surface area contributed by atoms with Crippen LogP contribution in [-0.2, 0) is 0 Å². The summed E-state index contributed by atoms with van der Waals surface area (Å²) in [5.41, 5.74) is 4.18. The van der Waals surface area contributed by atoms with Gasteiger partial charge in [-0.2, -0.15) is 0 Å². The summed E-state index contributed by atoms with van der Waals surface area (Å²) < 4.78 is 23.5. The zero-order valence-electron chi connectivity index (χ0n) is 47.4. The second-order valence-corrected chi connectivity index (χ2v) is 21.1. The fraction of sp³-hybridized carbons (Fsp3) is 0.457. The molecule has 6 rings (SSSR count). The number of rotatable bonds is 40. The van der Waals surface area contributed by atoms with Gasteiger partial charge in [-0.05, 0) is 132 Å². The van der Waals surface area contributed by atoms with E-state index >= 15 is 0 Å². The van der Waals surface area contributed by atoms with Crippen molar-refractivity contribution in [1.82, 2.24) is 0 Å². The molecule has 0 spiro atoms. The van der Waals surface area contributed by atoms with Crippen LogP contribution in [0.5, 0.6) is 23.0 Å². The SMILES string of the molecule is CCCCCCCCCCCCCCCCOc1ccc(N=Cc2ccc(C(=O)Oc3ccc4ccc(OC(=O)c5ccc(C=Nc6ccc(OCCCCCCCCCCCCCCCC)cc6)cc5)cc4c3)cc2)cc1. The summed E-state index contributed by atoms with van der Waals surface area (Å²) in [6, 6.07) is 40.7. The van der Waals surface area contributed by atoms with Gasteiger partial charge in [-0.15, -0.1) is 0 Å². The number of carbonyl (C=O) groups excluding carboxylic acids is 2. The highest BCUT2D eigenvalue weighted by molar-refractivity contribution is 5.95. The zero-order chi connectivity index (χ0) is 54.5. The van der Waals surface area contributed by atoms with Crippen LogP contribution in [0.1, 0.15) is 225 Å². The van der Waals surface area contributed by atoms with E-state index in [4.69, 9.17) is 18.9 Å². The first-order valence-electron chi connectivity index (χ1n) is 30.2. The van der Waals surface area contributed by atoms with E-state index in [0.29, 0.717) is 22.6 Å². The molecule has 78 heavy (non-hydrogen) atoms. The Balaban J connectivity index is 0.837. The van der Waals surface area contributed by atoms with Crippen LogP contribution in [0.3, 0.4) is 0 Å². The van der Waals surface area contributed by atoms with Gasteiger partial charge in [0, 0.05) is 12.4 Å². The van der Waals surface area contributed by atoms with Crippen molar-refractivity contribution < 1.29 is 28.5 Å². The molecule has 0 saturated carbocycles. The minimum absolute atomic E-state index is 0.380. The molecule has 0 amide bonds. The number of benzene rings is 6. The molecule has 0 aromatic heterocycles. The van der Waals surface area contributed by atoms with Gasteiger partial charge in [0.2, 0.25) is 0 Å². The Labute approximate surface area is 468 Å². The number of aliphatic imine (C=N–C) groups is 2. The average molecular weight is 1060 g/mol. The molecule has 0 N–H and O–H groups in total. The topological polar surface area (TPSA) is 95.8 Å². The molecule has 8 nitrogen and oxygen atoms in total. The highest BCUT2D eigenvalue weighted by Gasteiger charge is 2.12. The van der Waals surface area contributed by atoms with E-state index in [9.17, 15) is 9.59 Å². The monoisotopic (exact) mass is 1050 g/mol. The van der Waals surface area contributed by atoms with Crippen LogP contribution in [0, 0.1) is 0 Å².